The molecule has 2 heterocycles. The molecule has 2 aromatic heterocycles. The van der Waals surface area contributed by atoms with E-state index in [0.717, 1.165) is 53.9 Å². The summed E-state index contributed by atoms with van der Waals surface area (Å²) in [5.74, 6) is 3.06. The third-order valence-electron chi connectivity index (χ3n) is 3.94. The van der Waals surface area contributed by atoms with E-state index in [2.05, 4.69) is 27.3 Å². The van der Waals surface area contributed by atoms with Crippen molar-refractivity contribution in [3.05, 3.63) is 53.6 Å². The minimum Gasteiger partial charge on any atom is -0.494 e. The van der Waals surface area contributed by atoms with Crippen LogP contribution in [-0.4, -0.2) is 26.4 Å². The maximum absolute atomic E-state index is 5.70. The number of aryl methyl sites for hydroxylation is 3. The highest BCUT2D eigenvalue weighted by Gasteiger charge is 2.08. The van der Waals surface area contributed by atoms with E-state index in [1.54, 1.807) is 0 Å². The quantitative estimate of drug-likeness (QED) is 0.635. The molecule has 0 saturated heterocycles. The molecule has 0 amide bonds. The van der Waals surface area contributed by atoms with Crippen LogP contribution in [0.5, 0.6) is 5.75 Å². The topological polar surface area (TPSA) is 64.9 Å². The van der Waals surface area contributed by atoms with Gasteiger partial charge in [0.05, 0.1) is 12.3 Å². The highest BCUT2D eigenvalue weighted by Crippen LogP contribution is 2.21. The molecule has 0 bridgehead atoms. The normalized spacial score (nSPS) is 10.8. The molecule has 0 saturated carbocycles. The van der Waals surface area contributed by atoms with Crippen molar-refractivity contribution in [2.45, 2.75) is 40.5 Å². The van der Waals surface area contributed by atoms with Crippen molar-refractivity contribution in [2.75, 3.05) is 11.9 Å². The minimum atomic E-state index is 0.692. The SMILES string of the molecule is CCCCOc1ccc(Nc2cc(-n3nc(C)cc3C)nc(C)n2)cc1. The zero-order chi connectivity index (χ0) is 18.5. The number of hydrogen-bond acceptors (Lipinski definition) is 5. The number of rotatable bonds is 7. The lowest BCUT2D eigenvalue weighted by molar-refractivity contribution is 0.309. The van der Waals surface area contributed by atoms with Crippen molar-refractivity contribution < 1.29 is 4.74 Å². The van der Waals surface area contributed by atoms with Gasteiger partial charge in [-0.3, -0.25) is 0 Å². The first kappa shape index (κ1) is 17.9. The third-order valence-corrected chi connectivity index (χ3v) is 3.94. The highest BCUT2D eigenvalue weighted by molar-refractivity contribution is 5.58. The standard InChI is InChI=1S/C20H25N5O/c1-5-6-11-26-18-9-7-17(8-10-18)23-19-13-20(22-16(4)21-19)25-15(3)12-14(2)24-25/h7-10,12-13H,5-6,11H2,1-4H3,(H,21,22,23). The Kier molecular flexibility index (Phi) is 5.51. The van der Waals surface area contributed by atoms with E-state index in [9.17, 15) is 0 Å². The molecule has 1 aromatic carbocycles. The summed E-state index contributed by atoms with van der Waals surface area (Å²) in [6, 6.07) is 11.8. The molecule has 0 fully saturated rings. The van der Waals surface area contributed by atoms with Gasteiger partial charge in [0.2, 0.25) is 0 Å². The predicted molar refractivity (Wildman–Crippen MR) is 103 cm³/mol. The molecule has 0 aliphatic rings. The van der Waals surface area contributed by atoms with E-state index in [0.29, 0.717) is 5.82 Å². The molecule has 0 aliphatic carbocycles. The van der Waals surface area contributed by atoms with Crippen LogP contribution in [0, 0.1) is 20.8 Å². The maximum atomic E-state index is 5.70. The summed E-state index contributed by atoms with van der Waals surface area (Å²) in [5, 5.41) is 7.83. The number of unbranched alkanes of at least 4 members (excludes halogenated alkanes) is 1. The lowest BCUT2D eigenvalue weighted by Crippen LogP contribution is -2.06. The first-order valence-electron chi connectivity index (χ1n) is 8.94. The van der Waals surface area contributed by atoms with Gasteiger partial charge in [-0.1, -0.05) is 13.3 Å². The molecule has 6 nitrogen and oxygen atoms in total. The molecule has 0 radical (unpaired) electrons. The van der Waals surface area contributed by atoms with Crippen LogP contribution < -0.4 is 10.1 Å². The van der Waals surface area contributed by atoms with Gasteiger partial charge in [0.15, 0.2) is 5.82 Å². The zero-order valence-electron chi connectivity index (χ0n) is 15.8. The van der Waals surface area contributed by atoms with E-state index < -0.39 is 0 Å². The first-order valence-corrected chi connectivity index (χ1v) is 8.94. The van der Waals surface area contributed by atoms with Crippen LogP contribution in [0.1, 0.15) is 37.0 Å². The van der Waals surface area contributed by atoms with Gasteiger partial charge >= 0.3 is 0 Å². The Morgan fingerprint density at radius 2 is 1.81 bits per heavy atom. The number of nitrogens with one attached hydrogen (secondary N) is 1. The van der Waals surface area contributed by atoms with Crippen LogP contribution in [0.2, 0.25) is 0 Å². The Bertz CT molecular complexity index is 870. The monoisotopic (exact) mass is 351 g/mol. The summed E-state index contributed by atoms with van der Waals surface area (Å²) in [7, 11) is 0. The molecule has 26 heavy (non-hydrogen) atoms. The van der Waals surface area contributed by atoms with Gasteiger partial charge < -0.3 is 10.1 Å². The second kappa shape index (κ2) is 7.99. The van der Waals surface area contributed by atoms with Gasteiger partial charge in [-0.05, 0) is 57.5 Å². The summed E-state index contributed by atoms with van der Waals surface area (Å²) in [6.45, 7) is 8.77. The van der Waals surface area contributed by atoms with E-state index in [4.69, 9.17) is 4.74 Å². The summed E-state index contributed by atoms with van der Waals surface area (Å²) >= 11 is 0. The number of benzene rings is 1. The second-order valence-electron chi connectivity index (χ2n) is 6.35. The van der Waals surface area contributed by atoms with Crippen molar-refractivity contribution in [2.24, 2.45) is 0 Å². The molecule has 0 spiro atoms. The van der Waals surface area contributed by atoms with Crippen molar-refractivity contribution in [1.29, 1.82) is 0 Å². The molecule has 0 aliphatic heterocycles. The molecule has 0 unspecified atom stereocenters. The van der Waals surface area contributed by atoms with E-state index in [1.165, 1.54) is 0 Å². The molecule has 1 N–H and O–H groups in total. The van der Waals surface area contributed by atoms with Gasteiger partial charge in [0.1, 0.15) is 17.4 Å². The Balaban J connectivity index is 1.76. The molecule has 136 valence electrons. The maximum Gasteiger partial charge on any atom is 0.159 e. The van der Waals surface area contributed by atoms with E-state index in [-0.39, 0.29) is 0 Å². The Morgan fingerprint density at radius 1 is 1.04 bits per heavy atom. The number of hydrogen-bond donors (Lipinski definition) is 1. The average Bonchev–Trinajstić information content (AvgIpc) is 2.94. The van der Waals surface area contributed by atoms with Gasteiger partial charge in [0, 0.05) is 17.4 Å². The summed E-state index contributed by atoms with van der Waals surface area (Å²) < 4.78 is 7.53. The van der Waals surface area contributed by atoms with E-state index in [1.807, 2.05) is 61.9 Å². The minimum absolute atomic E-state index is 0.692. The van der Waals surface area contributed by atoms with Crippen molar-refractivity contribution in [3.8, 4) is 11.6 Å². The highest BCUT2D eigenvalue weighted by atomic mass is 16.5. The summed E-state index contributed by atoms with van der Waals surface area (Å²) in [6.07, 6.45) is 2.19. The van der Waals surface area contributed by atoms with Crippen molar-refractivity contribution in [3.63, 3.8) is 0 Å². The van der Waals surface area contributed by atoms with Crippen LogP contribution >= 0.6 is 0 Å². The Hall–Kier alpha value is -2.89. The van der Waals surface area contributed by atoms with Gasteiger partial charge in [-0.2, -0.15) is 5.10 Å². The smallest absolute Gasteiger partial charge is 0.159 e. The summed E-state index contributed by atoms with van der Waals surface area (Å²) in [4.78, 5) is 8.98. The lowest BCUT2D eigenvalue weighted by Gasteiger charge is -2.11. The average molecular weight is 351 g/mol. The molecular weight excluding hydrogens is 326 g/mol. The molecule has 0 atom stereocenters. The number of nitrogens with zero attached hydrogens (tertiary/aromatic N) is 4. The lowest BCUT2D eigenvalue weighted by atomic mass is 10.3. The fourth-order valence-electron chi connectivity index (χ4n) is 2.70. The summed E-state index contributed by atoms with van der Waals surface area (Å²) in [5.41, 5.74) is 2.96. The van der Waals surface area contributed by atoms with E-state index >= 15 is 0 Å². The van der Waals surface area contributed by atoms with Gasteiger partial charge in [0.25, 0.3) is 0 Å². The first-order chi connectivity index (χ1) is 12.5. The van der Waals surface area contributed by atoms with Crippen LogP contribution in [-0.2, 0) is 0 Å². The van der Waals surface area contributed by atoms with Crippen LogP contribution in [0.25, 0.3) is 5.82 Å². The fraction of sp³-hybridized carbons (Fsp3) is 0.350. The van der Waals surface area contributed by atoms with Crippen LogP contribution in [0.4, 0.5) is 11.5 Å². The predicted octanol–water partition coefficient (Wildman–Crippen LogP) is 4.51. The second-order valence-corrected chi connectivity index (χ2v) is 6.35. The fourth-order valence-corrected chi connectivity index (χ4v) is 2.70. The Morgan fingerprint density at radius 3 is 2.46 bits per heavy atom. The van der Waals surface area contributed by atoms with Crippen LogP contribution in [0.15, 0.2) is 36.4 Å². The third kappa shape index (κ3) is 4.39. The molecule has 3 rings (SSSR count). The Labute approximate surface area is 154 Å². The molecular formula is C20H25N5O. The van der Waals surface area contributed by atoms with Gasteiger partial charge in [-0.15, -0.1) is 0 Å². The van der Waals surface area contributed by atoms with Gasteiger partial charge in [-0.25, -0.2) is 14.6 Å². The number of ether oxygens (including phenoxy) is 1. The molecule has 3 aromatic rings. The largest absolute Gasteiger partial charge is 0.494 e. The number of aromatic nitrogens is 4. The van der Waals surface area contributed by atoms with Crippen molar-refractivity contribution >= 4 is 11.5 Å². The number of anilines is 2. The zero-order valence-corrected chi connectivity index (χ0v) is 15.8. The molecule has 6 heteroatoms. The van der Waals surface area contributed by atoms with Crippen molar-refractivity contribution in [1.82, 2.24) is 19.7 Å². The van der Waals surface area contributed by atoms with Crippen LogP contribution in [0.3, 0.4) is 0 Å².